The molecule has 1 unspecified atom stereocenters. The van der Waals surface area contributed by atoms with Crippen molar-refractivity contribution in [1.82, 2.24) is 0 Å². The van der Waals surface area contributed by atoms with E-state index in [2.05, 4.69) is 4.74 Å². The number of halogens is 3. The number of carboxylic acid groups (broad SMARTS) is 1. The Balaban J connectivity index is 2.24. The molecule has 6 heteroatoms. The third kappa shape index (κ3) is 3.95. The third-order valence-corrected chi connectivity index (χ3v) is 1.98. The molecule has 0 aromatic rings. The van der Waals surface area contributed by atoms with Crippen LogP contribution in [0.15, 0.2) is 0 Å². The van der Waals surface area contributed by atoms with Gasteiger partial charge in [-0.15, -0.1) is 0 Å². The van der Waals surface area contributed by atoms with Crippen LogP contribution in [0.5, 0.6) is 0 Å². The topological polar surface area (TPSA) is 46.5 Å². The molecule has 0 spiro atoms. The minimum absolute atomic E-state index is 0.0965. The number of carboxylic acids is 1. The molecule has 0 aromatic heterocycles. The van der Waals surface area contributed by atoms with E-state index in [1.165, 1.54) is 0 Å². The van der Waals surface area contributed by atoms with Gasteiger partial charge in [0.05, 0.1) is 13.0 Å². The van der Waals surface area contributed by atoms with E-state index >= 15 is 0 Å². The van der Waals surface area contributed by atoms with Crippen LogP contribution in [-0.4, -0.2) is 30.0 Å². The van der Waals surface area contributed by atoms with Gasteiger partial charge in [0.1, 0.15) is 0 Å². The summed E-state index contributed by atoms with van der Waals surface area (Å²) in [5.74, 6) is -1.27. The van der Waals surface area contributed by atoms with E-state index in [-0.39, 0.29) is 5.92 Å². The van der Waals surface area contributed by atoms with Gasteiger partial charge >= 0.3 is 12.1 Å². The summed E-state index contributed by atoms with van der Waals surface area (Å²) in [5, 5.41) is 8.61. The first kappa shape index (κ1) is 11.3. The Hall–Kier alpha value is -0.780. The molecule has 3 nitrogen and oxygen atoms in total. The molecule has 0 radical (unpaired) electrons. The fraction of sp³-hybridized carbons (Fsp3) is 0.875. The minimum atomic E-state index is -4.29. The Morgan fingerprint density at radius 3 is 2.43 bits per heavy atom. The summed E-state index contributed by atoms with van der Waals surface area (Å²) in [6, 6.07) is 0. The van der Waals surface area contributed by atoms with E-state index in [4.69, 9.17) is 5.11 Å². The van der Waals surface area contributed by atoms with Crippen LogP contribution in [0.25, 0.3) is 0 Å². The maximum absolute atomic E-state index is 11.7. The Kier molecular flexibility index (Phi) is 3.36. The van der Waals surface area contributed by atoms with Gasteiger partial charge in [-0.1, -0.05) is 0 Å². The molecule has 0 amide bonds. The number of hydrogen-bond acceptors (Lipinski definition) is 2. The van der Waals surface area contributed by atoms with Crippen LogP contribution in [0.2, 0.25) is 0 Å². The summed E-state index contributed by atoms with van der Waals surface area (Å²) in [4.78, 5) is 10.5. The molecule has 1 aliphatic carbocycles. The van der Waals surface area contributed by atoms with E-state index in [0.29, 0.717) is 0 Å². The van der Waals surface area contributed by atoms with Crippen molar-refractivity contribution in [3.63, 3.8) is 0 Å². The molecule has 0 aromatic carbocycles. The first-order valence-corrected chi connectivity index (χ1v) is 4.31. The standard InChI is InChI=1S/C8H11F3O3/c9-8(10,11)3-4-14-6(7(12)13)5-1-2-5/h5-6H,1-4H2,(H,12,13). The fourth-order valence-electron chi connectivity index (χ4n) is 1.11. The lowest BCUT2D eigenvalue weighted by Crippen LogP contribution is -2.27. The summed E-state index contributed by atoms with van der Waals surface area (Å²) in [6.07, 6.45) is -4.99. The van der Waals surface area contributed by atoms with Gasteiger partial charge < -0.3 is 9.84 Å². The van der Waals surface area contributed by atoms with E-state index in [0.717, 1.165) is 12.8 Å². The highest BCUT2D eigenvalue weighted by Gasteiger charge is 2.38. The van der Waals surface area contributed by atoms with E-state index < -0.39 is 31.3 Å². The SMILES string of the molecule is O=C(O)C(OCCC(F)(F)F)C1CC1. The molecule has 1 aliphatic rings. The van der Waals surface area contributed by atoms with Crippen LogP contribution in [0.4, 0.5) is 13.2 Å². The molecule has 0 bridgehead atoms. The second-order valence-corrected chi connectivity index (χ2v) is 3.33. The number of aliphatic carboxylic acids is 1. The lowest BCUT2D eigenvalue weighted by atomic mass is 10.2. The molecule has 1 atom stereocenters. The van der Waals surface area contributed by atoms with E-state index in [1.807, 2.05) is 0 Å². The largest absolute Gasteiger partial charge is 0.479 e. The van der Waals surface area contributed by atoms with Crippen LogP contribution in [-0.2, 0) is 9.53 Å². The van der Waals surface area contributed by atoms with Gasteiger partial charge in [0.25, 0.3) is 0 Å². The molecular weight excluding hydrogens is 201 g/mol. The van der Waals surface area contributed by atoms with Gasteiger partial charge in [-0.3, -0.25) is 0 Å². The van der Waals surface area contributed by atoms with Gasteiger partial charge in [-0.2, -0.15) is 13.2 Å². The van der Waals surface area contributed by atoms with Crippen LogP contribution >= 0.6 is 0 Å². The lowest BCUT2D eigenvalue weighted by Gasteiger charge is -2.13. The highest BCUT2D eigenvalue weighted by atomic mass is 19.4. The molecule has 0 aliphatic heterocycles. The molecule has 1 rings (SSSR count). The molecule has 82 valence electrons. The minimum Gasteiger partial charge on any atom is -0.479 e. The molecular formula is C8H11F3O3. The van der Waals surface area contributed by atoms with Crippen molar-refractivity contribution in [2.75, 3.05) is 6.61 Å². The second-order valence-electron chi connectivity index (χ2n) is 3.33. The Bertz CT molecular complexity index is 210. The molecule has 0 heterocycles. The van der Waals surface area contributed by atoms with Crippen molar-refractivity contribution in [2.24, 2.45) is 5.92 Å². The first-order chi connectivity index (χ1) is 6.40. The van der Waals surface area contributed by atoms with Crippen molar-refractivity contribution < 1.29 is 27.8 Å². The summed E-state index contributed by atoms with van der Waals surface area (Å²) in [6.45, 7) is -0.572. The highest BCUT2D eigenvalue weighted by molar-refractivity contribution is 5.73. The monoisotopic (exact) mass is 212 g/mol. The van der Waals surface area contributed by atoms with Gasteiger partial charge in [-0.05, 0) is 18.8 Å². The van der Waals surface area contributed by atoms with E-state index in [9.17, 15) is 18.0 Å². The second kappa shape index (κ2) is 4.16. The number of carbonyl (C=O) groups is 1. The Labute approximate surface area is 78.9 Å². The zero-order valence-electron chi connectivity index (χ0n) is 7.38. The average molecular weight is 212 g/mol. The third-order valence-electron chi connectivity index (χ3n) is 1.98. The number of hydrogen-bond donors (Lipinski definition) is 1. The van der Waals surface area contributed by atoms with Crippen molar-refractivity contribution in [1.29, 1.82) is 0 Å². The van der Waals surface area contributed by atoms with Crippen LogP contribution in [0.1, 0.15) is 19.3 Å². The van der Waals surface area contributed by atoms with E-state index in [1.54, 1.807) is 0 Å². The smallest absolute Gasteiger partial charge is 0.391 e. The predicted octanol–water partition coefficient (Wildman–Crippen LogP) is 1.82. The zero-order valence-corrected chi connectivity index (χ0v) is 7.38. The molecule has 0 saturated heterocycles. The lowest BCUT2D eigenvalue weighted by molar-refractivity contribution is -0.165. The van der Waals surface area contributed by atoms with Crippen molar-refractivity contribution >= 4 is 5.97 Å². The summed E-state index contributed by atoms with van der Waals surface area (Å²) in [5.41, 5.74) is 0. The van der Waals surface area contributed by atoms with Gasteiger partial charge in [0, 0.05) is 0 Å². The van der Waals surface area contributed by atoms with Gasteiger partial charge in [0.2, 0.25) is 0 Å². The number of rotatable bonds is 5. The van der Waals surface area contributed by atoms with Crippen molar-refractivity contribution in [2.45, 2.75) is 31.5 Å². The zero-order chi connectivity index (χ0) is 10.8. The molecule has 1 fully saturated rings. The van der Waals surface area contributed by atoms with Crippen LogP contribution < -0.4 is 0 Å². The van der Waals surface area contributed by atoms with Gasteiger partial charge in [-0.25, -0.2) is 4.79 Å². The average Bonchev–Trinajstić information content (AvgIpc) is 2.77. The van der Waals surface area contributed by atoms with Gasteiger partial charge in [0.15, 0.2) is 6.10 Å². The summed E-state index contributed by atoms with van der Waals surface area (Å²) >= 11 is 0. The first-order valence-electron chi connectivity index (χ1n) is 4.31. The summed E-state index contributed by atoms with van der Waals surface area (Å²) in [7, 11) is 0. The molecule has 1 N–H and O–H groups in total. The fourth-order valence-corrected chi connectivity index (χ4v) is 1.11. The number of ether oxygens (including phenoxy) is 1. The Morgan fingerprint density at radius 2 is 2.07 bits per heavy atom. The quantitative estimate of drug-likeness (QED) is 0.756. The highest BCUT2D eigenvalue weighted by Crippen LogP contribution is 2.34. The summed E-state index contributed by atoms with van der Waals surface area (Å²) < 4.78 is 39.8. The normalized spacial score (nSPS) is 19.4. The molecule has 14 heavy (non-hydrogen) atoms. The van der Waals surface area contributed by atoms with Crippen LogP contribution in [0, 0.1) is 5.92 Å². The van der Waals surface area contributed by atoms with Crippen LogP contribution in [0.3, 0.4) is 0 Å². The maximum Gasteiger partial charge on any atom is 0.391 e. The maximum atomic E-state index is 11.7. The van der Waals surface area contributed by atoms with Crippen molar-refractivity contribution in [3.8, 4) is 0 Å². The Morgan fingerprint density at radius 1 is 1.50 bits per heavy atom. The number of alkyl halides is 3. The molecule has 1 saturated carbocycles. The predicted molar refractivity (Wildman–Crippen MR) is 40.8 cm³/mol. The van der Waals surface area contributed by atoms with Crippen molar-refractivity contribution in [3.05, 3.63) is 0 Å².